The van der Waals surface area contributed by atoms with E-state index in [1.807, 2.05) is 29.4 Å². The second-order valence-electron chi connectivity index (χ2n) is 7.52. The molecule has 1 N–H and O–H groups in total. The van der Waals surface area contributed by atoms with Crippen LogP contribution in [-0.4, -0.2) is 44.6 Å². The number of pyridine rings is 1. The van der Waals surface area contributed by atoms with Crippen LogP contribution in [0, 0.1) is 5.92 Å². The number of urea groups is 1. The zero-order chi connectivity index (χ0) is 18.3. The largest absolute Gasteiger partial charge is 0.336 e. The SMILES string of the molecule is CC(C)NC(=O)N1C[C@@H]2C[C@H](C1)c1c(-c3cncnc3)ccc(=O)n1C2. The smallest absolute Gasteiger partial charge is 0.317 e. The first-order chi connectivity index (χ1) is 12.5. The molecule has 0 radical (unpaired) electrons. The molecule has 0 unspecified atom stereocenters. The van der Waals surface area contributed by atoms with E-state index < -0.39 is 0 Å². The van der Waals surface area contributed by atoms with Crippen LogP contribution >= 0.6 is 0 Å². The van der Waals surface area contributed by atoms with Gasteiger partial charge in [-0.3, -0.25) is 4.79 Å². The number of likely N-dealkylation sites (tertiary alicyclic amines) is 1. The summed E-state index contributed by atoms with van der Waals surface area (Å²) in [7, 11) is 0. The highest BCUT2D eigenvalue weighted by atomic mass is 16.2. The molecule has 0 aliphatic carbocycles. The Morgan fingerprint density at radius 2 is 1.96 bits per heavy atom. The number of amides is 2. The fourth-order valence-corrected chi connectivity index (χ4v) is 4.20. The lowest BCUT2D eigenvalue weighted by atomic mass is 9.81. The third-order valence-electron chi connectivity index (χ3n) is 5.16. The summed E-state index contributed by atoms with van der Waals surface area (Å²) in [6.07, 6.45) is 6.03. The maximum absolute atomic E-state index is 12.5. The van der Waals surface area contributed by atoms with E-state index in [1.54, 1.807) is 18.5 Å². The maximum Gasteiger partial charge on any atom is 0.317 e. The number of piperidine rings is 1. The fraction of sp³-hybridized carbons (Fsp3) is 0.474. The number of hydrogen-bond acceptors (Lipinski definition) is 4. The summed E-state index contributed by atoms with van der Waals surface area (Å²) in [6, 6.07) is 3.57. The van der Waals surface area contributed by atoms with E-state index >= 15 is 0 Å². The third kappa shape index (κ3) is 2.98. The Morgan fingerprint density at radius 3 is 2.69 bits per heavy atom. The van der Waals surface area contributed by atoms with E-state index in [0.29, 0.717) is 25.6 Å². The number of fused-ring (bicyclic) bond motifs is 4. The molecule has 26 heavy (non-hydrogen) atoms. The topological polar surface area (TPSA) is 80.1 Å². The van der Waals surface area contributed by atoms with E-state index in [4.69, 9.17) is 0 Å². The van der Waals surface area contributed by atoms with Gasteiger partial charge in [0.1, 0.15) is 6.33 Å². The van der Waals surface area contributed by atoms with Crippen LogP contribution in [0.4, 0.5) is 4.79 Å². The Hall–Kier alpha value is -2.70. The van der Waals surface area contributed by atoms with Gasteiger partial charge in [0.05, 0.1) is 0 Å². The quantitative estimate of drug-likeness (QED) is 0.893. The second-order valence-corrected chi connectivity index (χ2v) is 7.52. The van der Waals surface area contributed by atoms with Crippen molar-refractivity contribution in [1.29, 1.82) is 0 Å². The van der Waals surface area contributed by atoms with E-state index in [9.17, 15) is 9.59 Å². The normalized spacial score (nSPS) is 21.4. The zero-order valence-electron chi connectivity index (χ0n) is 15.1. The highest BCUT2D eigenvalue weighted by molar-refractivity contribution is 5.75. The van der Waals surface area contributed by atoms with Crippen LogP contribution in [0.15, 0.2) is 35.6 Å². The third-order valence-corrected chi connectivity index (χ3v) is 5.16. The minimum Gasteiger partial charge on any atom is -0.336 e. The lowest BCUT2D eigenvalue weighted by molar-refractivity contribution is 0.130. The molecule has 1 fully saturated rings. The van der Waals surface area contributed by atoms with Gasteiger partial charge in [-0.2, -0.15) is 0 Å². The van der Waals surface area contributed by atoms with E-state index in [1.165, 1.54) is 6.33 Å². The highest BCUT2D eigenvalue weighted by Crippen LogP contribution is 2.39. The molecule has 7 heteroatoms. The molecule has 0 saturated carbocycles. The molecule has 2 aromatic heterocycles. The Labute approximate surface area is 152 Å². The summed E-state index contributed by atoms with van der Waals surface area (Å²) in [5.41, 5.74) is 2.92. The molecule has 2 bridgehead atoms. The van der Waals surface area contributed by atoms with Crippen LogP contribution in [0.5, 0.6) is 0 Å². The minimum atomic E-state index is -0.0222. The summed E-state index contributed by atoms with van der Waals surface area (Å²) in [4.78, 5) is 35.1. The van der Waals surface area contributed by atoms with Gasteiger partial charge in [0.25, 0.3) is 5.56 Å². The number of nitrogens with zero attached hydrogens (tertiary/aromatic N) is 4. The van der Waals surface area contributed by atoms with Crippen molar-refractivity contribution in [2.75, 3.05) is 13.1 Å². The number of hydrogen-bond donors (Lipinski definition) is 1. The predicted molar refractivity (Wildman–Crippen MR) is 97.8 cm³/mol. The highest BCUT2D eigenvalue weighted by Gasteiger charge is 2.37. The van der Waals surface area contributed by atoms with Crippen LogP contribution in [0.1, 0.15) is 31.9 Å². The molecular formula is C19H23N5O2. The average molecular weight is 353 g/mol. The van der Waals surface area contributed by atoms with Gasteiger partial charge in [-0.25, -0.2) is 14.8 Å². The second kappa shape index (κ2) is 6.55. The number of aromatic nitrogens is 3. The molecule has 1 saturated heterocycles. The predicted octanol–water partition coefficient (Wildman–Crippen LogP) is 1.84. The fourth-order valence-electron chi connectivity index (χ4n) is 4.20. The molecule has 2 aliphatic heterocycles. The molecule has 2 aliphatic rings. The van der Waals surface area contributed by atoms with Crippen molar-refractivity contribution in [2.45, 2.75) is 38.8 Å². The van der Waals surface area contributed by atoms with Gasteiger partial charge >= 0.3 is 6.03 Å². The number of carbonyl (C=O) groups excluding carboxylic acids is 1. The van der Waals surface area contributed by atoms with Crippen LogP contribution in [-0.2, 0) is 6.54 Å². The lowest BCUT2D eigenvalue weighted by Crippen LogP contribution is -2.53. The summed E-state index contributed by atoms with van der Waals surface area (Å²) in [5, 5.41) is 2.98. The van der Waals surface area contributed by atoms with Gasteiger partial charge in [0.2, 0.25) is 0 Å². The van der Waals surface area contributed by atoms with Crippen LogP contribution in [0.25, 0.3) is 11.1 Å². The first-order valence-corrected chi connectivity index (χ1v) is 9.07. The van der Waals surface area contributed by atoms with E-state index in [0.717, 1.165) is 23.2 Å². The molecule has 0 spiro atoms. The molecule has 2 atom stereocenters. The zero-order valence-corrected chi connectivity index (χ0v) is 15.1. The Bertz CT molecular complexity index is 877. The lowest BCUT2D eigenvalue weighted by Gasteiger charge is -2.43. The van der Waals surface area contributed by atoms with Gasteiger partial charge in [-0.15, -0.1) is 0 Å². The van der Waals surface area contributed by atoms with Crippen molar-refractivity contribution >= 4 is 6.03 Å². The van der Waals surface area contributed by atoms with Gasteiger partial charge in [0, 0.05) is 66.9 Å². The van der Waals surface area contributed by atoms with Crippen molar-refractivity contribution in [2.24, 2.45) is 5.92 Å². The molecule has 2 amide bonds. The average Bonchev–Trinajstić information content (AvgIpc) is 2.62. The minimum absolute atomic E-state index is 0.0222. The molecule has 4 heterocycles. The van der Waals surface area contributed by atoms with Crippen molar-refractivity contribution in [1.82, 2.24) is 24.8 Å². The van der Waals surface area contributed by atoms with Crippen LogP contribution in [0.3, 0.4) is 0 Å². The molecule has 136 valence electrons. The van der Waals surface area contributed by atoms with Crippen molar-refractivity contribution < 1.29 is 4.79 Å². The first-order valence-electron chi connectivity index (χ1n) is 9.07. The van der Waals surface area contributed by atoms with Gasteiger partial charge in [0.15, 0.2) is 0 Å². The molecule has 7 nitrogen and oxygen atoms in total. The molecule has 2 aromatic rings. The van der Waals surface area contributed by atoms with E-state index in [-0.39, 0.29) is 23.6 Å². The number of nitrogens with one attached hydrogen (secondary N) is 1. The Morgan fingerprint density at radius 1 is 1.19 bits per heavy atom. The van der Waals surface area contributed by atoms with Gasteiger partial charge < -0.3 is 14.8 Å². The summed E-state index contributed by atoms with van der Waals surface area (Å²) < 4.78 is 1.89. The first kappa shape index (κ1) is 16.8. The molecular weight excluding hydrogens is 330 g/mol. The van der Waals surface area contributed by atoms with Crippen molar-refractivity contribution in [3.8, 4) is 11.1 Å². The van der Waals surface area contributed by atoms with E-state index in [2.05, 4.69) is 15.3 Å². The molecule has 0 aromatic carbocycles. The van der Waals surface area contributed by atoms with Gasteiger partial charge in [-0.05, 0) is 32.3 Å². The number of rotatable bonds is 2. The maximum atomic E-state index is 12.5. The Kier molecular flexibility index (Phi) is 4.22. The summed E-state index contributed by atoms with van der Waals surface area (Å²) in [6.45, 7) is 5.90. The number of carbonyl (C=O) groups is 1. The monoisotopic (exact) mass is 353 g/mol. The Balaban J connectivity index is 1.73. The molecule has 4 rings (SSSR count). The van der Waals surface area contributed by atoms with Gasteiger partial charge in [-0.1, -0.05) is 0 Å². The standard InChI is InChI=1S/C19H23N5O2/c1-12(2)22-19(26)23-8-13-5-14(10-23)18-16(15-6-20-11-21-7-15)3-4-17(25)24(18)9-13/h3-4,6-7,11-14H,5,8-10H2,1-2H3,(H,22,26)/t13-,14+/m0/s1. The van der Waals surface area contributed by atoms with Crippen molar-refractivity contribution in [3.05, 3.63) is 46.9 Å². The summed E-state index contributed by atoms with van der Waals surface area (Å²) >= 11 is 0. The van der Waals surface area contributed by atoms with Crippen LogP contribution in [0.2, 0.25) is 0 Å². The van der Waals surface area contributed by atoms with Crippen LogP contribution < -0.4 is 10.9 Å². The summed E-state index contributed by atoms with van der Waals surface area (Å²) in [5.74, 6) is 0.448. The van der Waals surface area contributed by atoms with Crippen molar-refractivity contribution in [3.63, 3.8) is 0 Å².